The number of phenols is 1. The van der Waals surface area contributed by atoms with E-state index in [0.717, 1.165) is 16.4 Å². The average Bonchev–Trinajstić information content (AvgIpc) is 2.38. The van der Waals surface area contributed by atoms with Gasteiger partial charge in [-0.25, -0.2) is 0 Å². The summed E-state index contributed by atoms with van der Waals surface area (Å²) in [5.41, 5.74) is 1.59. The molecule has 0 aromatic heterocycles. The van der Waals surface area contributed by atoms with Gasteiger partial charge in [-0.3, -0.25) is 0 Å². The van der Waals surface area contributed by atoms with Crippen molar-refractivity contribution in [1.29, 1.82) is 0 Å². The number of rotatable bonds is 3. The molecule has 86 valence electrons. The minimum absolute atomic E-state index is 0.222. The molecule has 0 bridgehead atoms. The first-order valence-corrected chi connectivity index (χ1v) is 7.00. The molecule has 1 atom stereocenters. The predicted molar refractivity (Wildman–Crippen MR) is 71.3 cm³/mol. The molecule has 0 aliphatic rings. The Morgan fingerprint density at radius 3 is 2.24 bits per heavy atom. The molecular formula is C14H14O2P+. The van der Waals surface area contributed by atoms with Crippen LogP contribution < -0.4 is 5.30 Å². The Hall–Kier alpha value is -1.66. The van der Waals surface area contributed by atoms with E-state index in [1.165, 1.54) is 0 Å². The lowest BCUT2D eigenvalue weighted by molar-refractivity contribution is 0.477. The molecule has 0 fully saturated rings. The standard InChI is InChI=1S/C14H13O2P/c1-2-17(16)14-10-6-4-8-12(14)11-7-3-5-9-13(11)15/h3-10H,2H2,1H3/p+1. The maximum absolute atomic E-state index is 12.0. The highest BCUT2D eigenvalue weighted by Crippen LogP contribution is 2.32. The maximum atomic E-state index is 12.0. The maximum Gasteiger partial charge on any atom is 0.377 e. The van der Waals surface area contributed by atoms with Crippen LogP contribution in [0.1, 0.15) is 6.92 Å². The number of hydrogen-bond donors (Lipinski definition) is 1. The molecule has 17 heavy (non-hydrogen) atoms. The van der Waals surface area contributed by atoms with Gasteiger partial charge >= 0.3 is 7.80 Å². The molecule has 1 unspecified atom stereocenters. The lowest BCUT2D eigenvalue weighted by Gasteiger charge is -2.04. The van der Waals surface area contributed by atoms with Crippen LogP contribution in [-0.2, 0) is 4.57 Å². The molecule has 2 aromatic rings. The van der Waals surface area contributed by atoms with Gasteiger partial charge in [-0.2, -0.15) is 0 Å². The van der Waals surface area contributed by atoms with Crippen molar-refractivity contribution < 1.29 is 9.67 Å². The van der Waals surface area contributed by atoms with E-state index in [9.17, 15) is 9.67 Å². The first-order chi connectivity index (χ1) is 8.24. The zero-order valence-corrected chi connectivity index (χ0v) is 10.5. The van der Waals surface area contributed by atoms with Gasteiger partial charge in [0.25, 0.3) is 0 Å². The molecule has 0 saturated carbocycles. The van der Waals surface area contributed by atoms with Crippen LogP contribution in [0, 0.1) is 0 Å². The molecule has 0 aliphatic carbocycles. The normalized spacial score (nSPS) is 11.2. The molecule has 3 heteroatoms. The van der Waals surface area contributed by atoms with Gasteiger partial charge in [0, 0.05) is 11.1 Å². The summed E-state index contributed by atoms with van der Waals surface area (Å²) in [6.45, 7) is 1.90. The Kier molecular flexibility index (Phi) is 3.55. The van der Waals surface area contributed by atoms with Gasteiger partial charge in [0.2, 0.25) is 0 Å². The molecule has 0 amide bonds. The van der Waals surface area contributed by atoms with Gasteiger partial charge in [0.05, 0.1) is 0 Å². The van der Waals surface area contributed by atoms with Crippen LogP contribution in [0.4, 0.5) is 0 Å². The van der Waals surface area contributed by atoms with Crippen LogP contribution >= 0.6 is 7.80 Å². The van der Waals surface area contributed by atoms with Gasteiger partial charge in [-0.1, -0.05) is 34.9 Å². The summed E-state index contributed by atoms with van der Waals surface area (Å²) in [5, 5.41) is 10.7. The van der Waals surface area contributed by atoms with Crippen LogP contribution in [-0.4, -0.2) is 11.3 Å². The molecule has 0 heterocycles. The van der Waals surface area contributed by atoms with Crippen molar-refractivity contribution >= 4 is 13.1 Å². The predicted octanol–water partition coefficient (Wildman–Crippen LogP) is 3.53. The molecular weight excluding hydrogens is 231 g/mol. The number of aromatic hydroxyl groups is 1. The van der Waals surface area contributed by atoms with Crippen LogP contribution in [0.2, 0.25) is 0 Å². The van der Waals surface area contributed by atoms with Crippen molar-refractivity contribution in [3.8, 4) is 16.9 Å². The van der Waals surface area contributed by atoms with Gasteiger partial charge in [0.15, 0.2) is 5.30 Å². The zero-order chi connectivity index (χ0) is 12.3. The highest BCUT2D eigenvalue weighted by atomic mass is 31.1. The topological polar surface area (TPSA) is 37.3 Å². The fourth-order valence-electron chi connectivity index (χ4n) is 1.79. The third kappa shape index (κ3) is 2.37. The van der Waals surface area contributed by atoms with E-state index >= 15 is 0 Å². The van der Waals surface area contributed by atoms with Crippen LogP contribution in [0.15, 0.2) is 48.5 Å². The lowest BCUT2D eigenvalue weighted by Crippen LogP contribution is -2.02. The van der Waals surface area contributed by atoms with E-state index in [1.54, 1.807) is 12.1 Å². The van der Waals surface area contributed by atoms with Crippen molar-refractivity contribution in [3.05, 3.63) is 48.5 Å². The monoisotopic (exact) mass is 245 g/mol. The number of hydrogen-bond acceptors (Lipinski definition) is 2. The third-order valence-electron chi connectivity index (χ3n) is 2.65. The smallest absolute Gasteiger partial charge is 0.377 e. The Morgan fingerprint density at radius 2 is 1.59 bits per heavy atom. The van der Waals surface area contributed by atoms with Crippen LogP contribution in [0.5, 0.6) is 5.75 Å². The van der Waals surface area contributed by atoms with Crippen molar-refractivity contribution in [2.75, 3.05) is 6.16 Å². The summed E-state index contributed by atoms with van der Waals surface area (Å²) in [7, 11) is -1.39. The summed E-state index contributed by atoms with van der Waals surface area (Å²) in [6.07, 6.45) is 0.611. The van der Waals surface area contributed by atoms with E-state index in [-0.39, 0.29) is 5.75 Å². The Balaban J connectivity index is 2.60. The largest absolute Gasteiger partial charge is 0.507 e. The first-order valence-electron chi connectivity index (χ1n) is 5.56. The van der Waals surface area contributed by atoms with Gasteiger partial charge < -0.3 is 5.11 Å². The summed E-state index contributed by atoms with van der Waals surface area (Å²) in [6, 6.07) is 14.7. The zero-order valence-electron chi connectivity index (χ0n) is 9.63. The summed E-state index contributed by atoms with van der Waals surface area (Å²) >= 11 is 0. The summed E-state index contributed by atoms with van der Waals surface area (Å²) in [4.78, 5) is 0. The minimum Gasteiger partial charge on any atom is -0.507 e. The second-order valence-electron chi connectivity index (χ2n) is 3.73. The Morgan fingerprint density at radius 1 is 1.00 bits per heavy atom. The van der Waals surface area contributed by atoms with Gasteiger partial charge in [-0.15, -0.1) is 0 Å². The molecule has 2 nitrogen and oxygen atoms in total. The van der Waals surface area contributed by atoms with E-state index < -0.39 is 7.80 Å². The van der Waals surface area contributed by atoms with E-state index in [1.807, 2.05) is 43.3 Å². The highest BCUT2D eigenvalue weighted by Gasteiger charge is 2.22. The Labute approximate surface area is 102 Å². The number of para-hydroxylation sites is 1. The first kappa shape index (κ1) is 11.8. The van der Waals surface area contributed by atoms with Gasteiger partial charge in [-0.05, 0) is 25.1 Å². The molecule has 0 radical (unpaired) electrons. The lowest BCUT2D eigenvalue weighted by atomic mass is 10.0. The second kappa shape index (κ2) is 5.11. The fourth-order valence-corrected chi connectivity index (χ4v) is 2.85. The molecule has 1 N–H and O–H groups in total. The second-order valence-corrected chi connectivity index (χ2v) is 5.60. The fraction of sp³-hybridized carbons (Fsp3) is 0.143. The van der Waals surface area contributed by atoms with Crippen molar-refractivity contribution in [1.82, 2.24) is 0 Å². The van der Waals surface area contributed by atoms with Gasteiger partial charge in [0.1, 0.15) is 11.9 Å². The highest BCUT2D eigenvalue weighted by molar-refractivity contribution is 7.53. The molecule has 0 spiro atoms. The Bertz CT molecular complexity index is 549. The number of benzene rings is 2. The van der Waals surface area contributed by atoms with E-state index in [2.05, 4.69) is 0 Å². The van der Waals surface area contributed by atoms with Crippen molar-refractivity contribution in [2.24, 2.45) is 0 Å². The van der Waals surface area contributed by atoms with Crippen molar-refractivity contribution in [3.63, 3.8) is 0 Å². The minimum atomic E-state index is -1.39. The molecule has 0 aliphatic heterocycles. The number of phenolic OH excluding ortho intramolecular Hbond substituents is 1. The molecule has 0 saturated heterocycles. The average molecular weight is 245 g/mol. The van der Waals surface area contributed by atoms with E-state index in [4.69, 9.17) is 0 Å². The summed E-state index contributed by atoms with van der Waals surface area (Å²) < 4.78 is 12.0. The van der Waals surface area contributed by atoms with Crippen LogP contribution in [0.3, 0.4) is 0 Å². The van der Waals surface area contributed by atoms with Crippen molar-refractivity contribution in [2.45, 2.75) is 6.92 Å². The summed E-state index contributed by atoms with van der Waals surface area (Å²) in [5.74, 6) is 0.222. The quantitative estimate of drug-likeness (QED) is 0.840. The SMILES string of the molecule is CC[P+](=O)c1ccccc1-c1ccccc1O. The third-order valence-corrected chi connectivity index (χ3v) is 4.16. The van der Waals surface area contributed by atoms with Crippen LogP contribution in [0.25, 0.3) is 11.1 Å². The molecule has 2 aromatic carbocycles. The molecule has 2 rings (SSSR count). The van der Waals surface area contributed by atoms with E-state index in [0.29, 0.717) is 6.16 Å².